The summed E-state index contributed by atoms with van der Waals surface area (Å²) in [6.07, 6.45) is 3.56. The number of phenolic OH excluding ortho intramolecular Hbond substituents is 2. The lowest BCUT2D eigenvalue weighted by Gasteiger charge is -2.15. The molecule has 36 heavy (non-hydrogen) atoms. The quantitative estimate of drug-likeness (QED) is 0.197. The van der Waals surface area contributed by atoms with Gasteiger partial charge in [-0.1, -0.05) is 26.0 Å². The van der Waals surface area contributed by atoms with Crippen molar-refractivity contribution in [2.75, 3.05) is 20.1 Å². The maximum absolute atomic E-state index is 13.2. The van der Waals surface area contributed by atoms with Gasteiger partial charge in [-0.05, 0) is 44.2 Å². The van der Waals surface area contributed by atoms with Gasteiger partial charge in [0.2, 0.25) is 10.0 Å². The number of hydrogen-bond donors (Lipinski definition) is 4. The molecule has 0 saturated heterocycles. The van der Waals surface area contributed by atoms with E-state index in [1.165, 1.54) is 0 Å². The van der Waals surface area contributed by atoms with Crippen LogP contribution < -0.4 is 10.0 Å². The molecule has 11 heteroatoms. The van der Waals surface area contributed by atoms with E-state index >= 15 is 0 Å². The van der Waals surface area contributed by atoms with Crippen LogP contribution in [0.4, 0.5) is 4.39 Å². The highest BCUT2D eigenvalue weighted by Crippen LogP contribution is 2.21. The van der Waals surface area contributed by atoms with Crippen LogP contribution >= 0.6 is 9.24 Å². The Morgan fingerprint density at radius 1 is 1.14 bits per heavy atom. The second-order valence-electron chi connectivity index (χ2n) is 7.52. The van der Waals surface area contributed by atoms with Crippen molar-refractivity contribution in [1.82, 2.24) is 10.0 Å². The zero-order valence-electron chi connectivity index (χ0n) is 21.2. The van der Waals surface area contributed by atoms with Crippen LogP contribution in [0.3, 0.4) is 0 Å². The van der Waals surface area contributed by atoms with Crippen molar-refractivity contribution in [1.29, 1.82) is 0 Å². The Morgan fingerprint density at radius 3 is 2.42 bits per heavy atom. The minimum absolute atomic E-state index is 0.00725. The van der Waals surface area contributed by atoms with Crippen LogP contribution in [-0.2, 0) is 10.0 Å². The van der Waals surface area contributed by atoms with Crippen molar-refractivity contribution >= 4 is 31.2 Å². The average Bonchev–Trinajstić information content (AvgIpc) is 2.84. The van der Waals surface area contributed by atoms with Gasteiger partial charge in [-0.2, -0.15) is 0 Å². The van der Waals surface area contributed by atoms with E-state index in [9.17, 15) is 23.0 Å². The molecule has 0 aliphatic heterocycles. The van der Waals surface area contributed by atoms with E-state index < -0.39 is 21.6 Å². The molecule has 0 aromatic heterocycles. The summed E-state index contributed by atoms with van der Waals surface area (Å²) in [5, 5.41) is 22.8. The predicted octanol–water partition coefficient (Wildman–Crippen LogP) is 3.86. The first-order valence-corrected chi connectivity index (χ1v) is 13.6. The SMILES string of the molecule is CC.CN=CC(P)C(C)N=C(/C=C(\C)NCCNS(=O)(=O)c1ccc(F)c(O)c1)c1ccccc1O. The number of halogens is 1. The molecule has 3 unspecified atom stereocenters. The van der Waals surface area contributed by atoms with Crippen molar-refractivity contribution in [3.05, 3.63) is 65.6 Å². The normalized spacial score (nSPS) is 14.2. The third-order valence-electron chi connectivity index (χ3n) is 4.80. The number of aliphatic imine (C=N–C) groups is 2. The first kappa shape index (κ1) is 31.2. The number of para-hydroxylation sites is 1. The van der Waals surface area contributed by atoms with Crippen molar-refractivity contribution in [2.24, 2.45) is 9.98 Å². The van der Waals surface area contributed by atoms with Crippen molar-refractivity contribution in [3.8, 4) is 11.5 Å². The Labute approximate surface area is 215 Å². The van der Waals surface area contributed by atoms with Gasteiger partial charge in [-0.3, -0.25) is 4.99 Å². The molecule has 0 aliphatic rings. The molecule has 0 bridgehead atoms. The average molecular weight is 539 g/mol. The summed E-state index contributed by atoms with van der Waals surface area (Å²) in [5.74, 6) is -1.53. The zero-order chi connectivity index (χ0) is 27.3. The van der Waals surface area contributed by atoms with E-state index in [0.717, 1.165) is 18.2 Å². The Morgan fingerprint density at radius 2 is 1.81 bits per heavy atom. The van der Waals surface area contributed by atoms with Gasteiger partial charge >= 0.3 is 0 Å². The molecular formula is C25H36FN4O4PS. The number of hydrogen-bond acceptors (Lipinski definition) is 7. The first-order chi connectivity index (χ1) is 17.0. The molecule has 4 N–H and O–H groups in total. The van der Waals surface area contributed by atoms with Crippen LogP contribution in [0.2, 0.25) is 0 Å². The van der Waals surface area contributed by atoms with E-state index in [0.29, 0.717) is 17.0 Å². The predicted molar refractivity (Wildman–Crippen MR) is 148 cm³/mol. The molecule has 2 rings (SSSR count). The van der Waals surface area contributed by atoms with Gasteiger partial charge in [0.1, 0.15) is 5.75 Å². The summed E-state index contributed by atoms with van der Waals surface area (Å²) in [4.78, 5) is 8.55. The van der Waals surface area contributed by atoms with Crippen LogP contribution in [0.1, 0.15) is 33.3 Å². The van der Waals surface area contributed by atoms with E-state index in [1.54, 1.807) is 50.5 Å². The maximum Gasteiger partial charge on any atom is 0.240 e. The van der Waals surface area contributed by atoms with E-state index in [1.807, 2.05) is 20.8 Å². The number of nitrogens with one attached hydrogen (secondary N) is 2. The molecule has 0 fully saturated rings. The van der Waals surface area contributed by atoms with Gasteiger partial charge < -0.3 is 20.5 Å². The fraction of sp³-hybridized carbons (Fsp3) is 0.360. The largest absolute Gasteiger partial charge is 0.507 e. The second-order valence-corrected chi connectivity index (χ2v) is 10.1. The Hall–Kier alpha value is -2.81. The number of rotatable bonds is 11. The van der Waals surface area contributed by atoms with Crippen LogP contribution in [0.15, 0.2) is 69.1 Å². The number of phenols is 2. The lowest BCUT2D eigenvalue weighted by atomic mass is 10.1. The molecule has 0 heterocycles. The van der Waals surface area contributed by atoms with Crippen LogP contribution in [0.25, 0.3) is 0 Å². The minimum atomic E-state index is -3.91. The maximum atomic E-state index is 13.2. The molecule has 2 aromatic rings. The number of benzene rings is 2. The van der Waals surface area contributed by atoms with Crippen molar-refractivity contribution in [2.45, 2.75) is 44.3 Å². The Balaban J connectivity index is 0.00000316. The monoisotopic (exact) mass is 538 g/mol. The fourth-order valence-corrected chi connectivity index (χ4v) is 4.23. The summed E-state index contributed by atoms with van der Waals surface area (Å²) in [5.41, 5.74) is 1.85. The molecule has 0 spiro atoms. The fourth-order valence-electron chi connectivity index (χ4n) is 2.92. The van der Waals surface area contributed by atoms with Gasteiger partial charge in [-0.25, -0.2) is 17.5 Å². The molecule has 0 saturated carbocycles. The van der Waals surface area contributed by atoms with Crippen LogP contribution in [-0.4, -0.2) is 62.4 Å². The third-order valence-corrected chi connectivity index (χ3v) is 6.99. The number of aromatic hydroxyl groups is 2. The molecule has 0 amide bonds. The molecule has 0 radical (unpaired) electrons. The molecule has 198 valence electrons. The highest BCUT2D eigenvalue weighted by Gasteiger charge is 2.16. The van der Waals surface area contributed by atoms with Gasteiger partial charge in [-0.15, -0.1) is 9.24 Å². The lowest BCUT2D eigenvalue weighted by Crippen LogP contribution is -2.31. The molecular weight excluding hydrogens is 502 g/mol. The van der Waals surface area contributed by atoms with E-state index in [-0.39, 0.29) is 35.4 Å². The van der Waals surface area contributed by atoms with Gasteiger partial charge in [0.05, 0.1) is 16.6 Å². The summed E-state index contributed by atoms with van der Waals surface area (Å²) in [6, 6.07) is 9.57. The van der Waals surface area contributed by atoms with Gasteiger partial charge in [0, 0.05) is 49.3 Å². The Kier molecular flexibility index (Phi) is 13.3. The van der Waals surface area contributed by atoms with Crippen LogP contribution in [0, 0.1) is 5.82 Å². The summed E-state index contributed by atoms with van der Waals surface area (Å²) in [7, 11) is 0.468. The van der Waals surface area contributed by atoms with Gasteiger partial charge in [0.25, 0.3) is 0 Å². The number of allylic oxidation sites excluding steroid dienone is 2. The topological polar surface area (TPSA) is 123 Å². The minimum Gasteiger partial charge on any atom is -0.507 e. The number of sulfonamides is 1. The summed E-state index contributed by atoms with van der Waals surface area (Å²) < 4.78 is 40.2. The summed E-state index contributed by atoms with van der Waals surface area (Å²) >= 11 is 0. The third kappa shape index (κ3) is 9.68. The molecule has 2 aromatic carbocycles. The van der Waals surface area contributed by atoms with Crippen molar-refractivity contribution < 1.29 is 23.0 Å². The highest BCUT2D eigenvalue weighted by atomic mass is 32.2. The van der Waals surface area contributed by atoms with E-state index in [4.69, 9.17) is 4.99 Å². The standard InChI is InChI=1S/C23H30FN4O4PS.C2H6/c1-15(26-10-11-27-34(31,32)17-8-9-19(24)22(30)13-17)12-20(18-6-4-5-7-21(18)29)28-16(2)23(33)14-25-3;1-2/h4-9,12-14,16,23,26-27,29-30H,10-11,33H2,1-3H3;1-2H3/b15-12+,25-14?,28-20?;. The molecule has 3 atom stereocenters. The number of nitrogens with zero attached hydrogens (tertiary/aromatic N) is 2. The zero-order valence-corrected chi connectivity index (χ0v) is 23.2. The van der Waals surface area contributed by atoms with Gasteiger partial charge in [0.15, 0.2) is 11.6 Å². The molecule has 0 aliphatic carbocycles. The lowest BCUT2D eigenvalue weighted by molar-refractivity contribution is 0.430. The summed E-state index contributed by atoms with van der Waals surface area (Å²) in [6.45, 7) is 8.05. The first-order valence-electron chi connectivity index (χ1n) is 11.5. The van der Waals surface area contributed by atoms with Crippen LogP contribution in [0.5, 0.6) is 11.5 Å². The molecule has 8 nitrogen and oxygen atoms in total. The second kappa shape index (κ2) is 15.3. The van der Waals surface area contributed by atoms with Crippen molar-refractivity contribution in [3.63, 3.8) is 0 Å². The highest BCUT2D eigenvalue weighted by molar-refractivity contribution is 7.89. The van der Waals surface area contributed by atoms with E-state index in [2.05, 4.69) is 24.3 Å². The smallest absolute Gasteiger partial charge is 0.240 e. The Bertz CT molecular complexity index is 1190.